The SMILES string of the molecule is O=C1NCCNCCNC(=O)c2ccccc2C(=O)NCCNCCNC(=O)c2ccccc21. The number of nitrogens with one attached hydrogen (secondary N) is 6. The molecule has 34 heavy (non-hydrogen) atoms. The van der Waals surface area contributed by atoms with Crippen LogP contribution in [0.25, 0.3) is 0 Å². The molecule has 0 aromatic heterocycles. The van der Waals surface area contributed by atoms with Gasteiger partial charge in [-0.1, -0.05) is 24.3 Å². The second kappa shape index (κ2) is 13.1. The van der Waals surface area contributed by atoms with Gasteiger partial charge in [0.05, 0.1) is 22.3 Å². The molecule has 10 heteroatoms. The zero-order valence-electron chi connectivity index (χ0n) is 18.9. The van der Waals surface area contributed by atoms with Gasteiger partial charge in [-0.2, -0.15) is 0 Å². The highest BCUT2D eigenvalue weighted by Crippen LogP contribution is 2.09. The minimum absolute atomic E-state index is 0.309. The van der Waals surface area contributed by atoms with E-state index in [-0.39, 0.29) is 23.6 Å². The first-order chi connectivity index (χ1) is 16.6. The summed E-state index contributed by atoms with van der Waals surface area (Å²) in [6, 6.07) is 13.3. The van der Waals surface area contributed by atoms with Crippen LogP contribution in [-0.2, 0) is 0 Å². The Balaban J connectivity index is 1.64. The van der Waals surface area contributed by atoms with Crippen LogP contribution in [0, 0.1) is 0 Å². The van der Waals surface area contributed by atoms with E-state index in [1.807, 2.05) is 0 Å². The molecule has 1 aliphatic heterocycles. The Morgan fingerprint density at radius 1 is 0.382 bits per heavy atom. The van der Waals surface area contributed by atoms with Crippen LogP contribution < -0.4 is 31.9 Å². The summed E-state index contributed by atoms with van der Waals surface area (Å²) in [4.78, 5) is 50.2. The van der Waals surface area contributed by atoms with Crippen molar-refractivity contribution >= 4 is 23.6 Å². The number of rotatable bonds is 0. The Morgan fingerprint density at radius 3 is 0.853 bits per heavy atom. The van der Waals surface area contributed by atoms with Crippen molar-refractivity contribution in [2.24, 2.45) is 0 Å². The van der Waals surface area contributed by atoms with Gasteiger partial charge in [0.15, 0.2) is 0 Å². The molecule has 0 atom stereocenters. The fourth-order valence-corrected chi connectivity index (χ4v) is 3.45. The summed E-state index contributed by atoms with van der Waals surface area (Å²) >= 11 is 0. The molecule has 0 unspecified atom stereocenters. The molecule has 2 aromatic rings. The van der Waals surface area contributed by atoms with E-state index in [4.69, 9.17) is 0 Å². The van der Waals surface area contributed by atoms with Crippen LogP contribution in [0.15, 0.2) is 48.5 Å². The number of hydrogen-bond acceptors (Lipinski definition) is 6. The Labute approximate surface area is 198 Å². The topological polar surface area (TPSA) is 140 Å². The molecule has 1 heterocycles. The first-order valence-corrected chi connectivity index (χ1v) is 11.3. The van der Waals surface area contributed by atoms with Gasteiger partial charge in [0.2, 0.25) is 0 Å². The first-order valence-electron chi connectivity index (χ1n) is 11.3. The summed E-state index contributed by atoms with van der Waals surface area (Å²) < 4.78 is 0. The van der Waals surface area contributed by atoms with Crippen molar-refractivity contribution in [3.63, 3.8) is 0 Å². The molecule has 0 spiro atoms. The third kappa shape index (κ3) is 7.12. The summed E-state index contributed by atoms with van der Waals surface area (Å²) in [5.74, 6) is -1.30. The van der Waals surface area contributed by atoms with Gasteiger partial charge in [0.1, 0.15) is 0 Å². The summed E-state index contributed by atoms with van der Waals surface area (Å²) in [6.07, 6.45) is 0. The highest BCUT2D eigenvalue weighted by atomic mass is 16.2. The van der Waals surface area contributed by atoms with Gasteiger partial charge in [0, 0.05) is 52.4 Å². The molecule has 4 amide bonds. The summed E-state index contributed by atoms with van der Waals surface area (Å²) in [6.45, 7) is 3.37. The molecule has 6 N–H and O–H groups in total. The maximum atomic E-state index is 12.6. The average Bonchev–Trinajstić information content (AvgIpc) is 2.86. The lowest BCUT2D eigenvalue weighted by atomic mass is 10.1. The van der Waals surface area contributed by atoms with Crippen molar-refractivity contribution in [2.75, 3.05) is 52.4 Å². The summed E-state index contributed by atoms with van der Waals surface area (Å²) in [7, 11) is 0. The molecular formula is C24H30N6O4. The van der Waals surface area contributed by atoms with Crippen molar-refractivity contribution in [1.82, 2.24) is 31.9 Å². The summed E-state index contributed by atoms with van der Waals surface area (Å²) in [5, 5.41) is 17.5. The van der Waals surface area contributed by atoms with E-state index < -0.39 is 0 Å². The molecular weight excluding hydrogens is 436 g/mol. The molecule has 3 rings (SSSR count). The fourth-order valence-electron chi connectivity index (χ4n) is 3.45. The van der Waals surface area contributed by atoms with Crippen molar-refractivity contribution in [2.45, 2.75) is 0 Å². The van der Waals surface area contributed by atoms with E-state index in [2.05, 4.69) is 31.9 Å². The van der Waals surface area contributed by atoms with Gasteiger partial charge in [-0.05, 0) is 24.3 Å². The molecule has 0 radical (unpaired) electrons. The minimum atomic E-state index is -0.325. The van der Waals surface area contributed by atoms with Gasteiger partial charge in [0.25, 0.3) is 23.6 Å². The van der Waals surface area contributed by atoms with Crippen molar-refractivity contribution < 1.29 is 19.2 Å². The van der Waals surface area contributed by atoms with Crippen LogP contribution in [0.4, 0.5) is 0 Å². The normalized spacial score (nSPS) is 17.4. The quantitative estimate of drug-likeness (QED) is 0.309. The van der Waals surface area contributed by atoms with Gasteiger partial charge < -0.3 is 31.9 Å². The van der Waals surface area contributed by atoms with Crippen LogP contribution >= 0.6 is 0 Å². The van der Waals surface area contributed by atoms with E-state index in [1.165, 1.54) is 0 Å². The largest absolute Gasteiger partial charge is 0.351 e. The Kier molecular flexibility index (Phi) is 9.56. The zero-order chi connectivity index (χ0) is 24.2. The molecule has 0 aliphatic carbocycles. The molecule has 1 aliphatic rings. The first kappa shape index (κ1) is 24.9. The Morgan fingerprint density at radius 2 is 0.618 bits per heavy atom. The van der Waals surface area contributed by atoms with E-state index in [9.17, 15) is 19.2 Å². The van der Waals surface area contributed by atoms with E-state index >= 15 is 0 Å². The van der Waals surface area contributed by atoms with E-state index in [0.29, 0.717) is 74.6 Å². The zero-order valence-corrected chi connectivity index (χ0v) is 18.9. The fraction of sp³-hybridized carbons (Fsp3) is 0.333. The number of fused-ring (bicyclic) bond motifs is 2. The molecule has 2 aromatic carbocycles. The van der Waals surface area contributed by atoms with Crippen molar-refractivity contribution in [1.29, 1.82) is 0 Å². The minimum Gasteiger partial charge on any atom is -0.351 e. The highest BCUT2D eigenvalue weighted by Gasteiger charge is 2.17. The molecule has 180 valence electrons. The molecule has 0 saturated carbocycles. The van der Waals surface area contributed by atoms with Gasteiger partial charge >= 0.3 is 0 Å². The van der Waals surface area contributed by atoms with Gasteiger partial charge in [-0.3, -0.25) is 19.2 Å². The van der Waals surface area contributed by atoms with Crippen molar-refractivity contribution in [3.05, 3.63) is 70.8 Å². The second-order valence-corrected chi connectivity index (χ2v) is 7.61. The van der Waals surface area contributed by atoms with Crippen molar-refractivity contribution in [3.8, 4) is 0 Å². The van der Waals surface area contributed by atoms with E-state index in [1.54, 1.807) is 48.5 Å². The van der Waals surface area contributed by atoms with E-state index in [0.717, 1.165) is 0 Å². The Hall–Kier alpha value is -3.76. The predicted molar refractivity (Wildman–Crippen MR) is 128 cm³/mol. The van der Waals surface area contributed by atoms with Crippen LogP contribution in [0.1, 0.15) is 41.4 Å². The number of hydrogen-bond donors (Lipinski definition) is 6. The average molecular weight is 467 g/mol. The van der Waals surface area contributed by atoms with Crippen LogP contribution in [-0.4, -0.2) is 76.0 Å². The maximum absolute atomic E-state index is 12.6. The Bertz CT molecular complexity index is 867. The lowest BCUT2D eigenvalue weighted by molar-refractivity contribution is 0.0917. The molecule has 10 nitrogen and oxygen atoms in total. The second-order valence-electron chi connectivity index (χ2n) is 7.61. The number of carbonyl (C=O) groups excluding carboxylic acids is 4. The van der Waals surface area contributed by atoms with Crippen LogP contribution in [0.5, 0.6) is 0 Å². The number of amides is 4. The molecule has 0 saturated heterocycles. The summed E-state index contributed by atoms with van der Waals surface area (Å²) in [5.41, 5.74) is 1.24. The maximum Gasteiger partial charge on any atom is 0.252 e. The number of carbonyl (C=O) groups is 4. The predicted octanol–water partition coefficient (Wildman–Crippen LogP) is -0.501. The van der Waals surface area contributed by atoms with Crippen LogP contribution in [0.3, 0.4) is 0 Å². The monoisotopic (exact) mass is 466 g/mol. The third-order valence-electron chi connectivity index (χ3n) is 5.18. The van der Waals surface area contributed by atoms with Crippen LogP contribution in [0.2, 0.25) is 0 Å². The number of benzene rings is 2. The lowest BCUT2D eigenvalue weighted by Crippen LogP contribution is -2.39. The van der Waals surface area contributed by atoms with Gasteiger partial charge in [-0.15, -0.1) is 0 Å². The third-order valence-corrected chi connectivity index (χ3v) is 5.18. The smallest absolute Gasteiger partial charge is 0.252 e. The standard InChI is InChI=1S/C24H30N6O4/c31-21-17-5-1-2-6-18(17)22(32)28-14-10-26-12-16-30-24(34)20-8-4-3-7-19(20)23(33)29-15-11-25-9-13-27-21/h1-8,25-26H,9-16H2,(H,27,31)(H,28,32)(H,29,33)(H,30,34). The van der Waals surface area contributed by atoms with Gasteiger partial charge in [-0.25, -0.2) is 0 Å². The highest BCUT2D eigenvalue weighted by molar-refractivity contribution is 6.08. The molecule has 0 bridgehead atoms. The lowest BCUT2D eigenvalue weighted by Gasteiger charge is -2.13. The molecule has 0 fully saturated rings.